The second-order valence-electron chi connectivity index (χ2n) is 7.51. The summed E-state index contributed by atoms with van der Waals surface area (Å²) in [7, 11) is 0. The molecule has 4 rings (SSSR count). The van der Waals surface area contributed by atoms with Crippen LogP contribution in [0.25, 0.3) is 6.08 Å². The maximum Gasteiger partial charge on any atom is 0.335 e. The van der Waals surface area contributed by atoms with Crippen molar-refractivity contribution in [2.45, 2.75) is 13.5 Å². The summed E-state index contributed by atoms with van der Waals surface area (Å²) in [4.78, 5) is 39.1. The van der Waals surface area contributed by atoms with Crippen molar-refractivity contribution in [3.8, 4) is 5.75 Å². The van der Waals surface area contributed by atoms with E-state index in [4.69, 9.17) is 27.9 Å². The topological polar surface area (TPSA) is 75.7 Å². The smallest absolute Gasteiger partial charge is 0.335 e. The van der Waals surface area contributed by atoms with E-state index in [9.17, 15) is 14.4 Å². The van der Waals surface area contributed by atoms with Gasteiger partial charge in [0.15, 0.2) is 0 Å². The number of nitrogens with zero attached hydrogens (tertiary/aromatic N) is 1. The number of halogens is 3. The zero-order chi connectivity index (χ0) is 24.4. The van der Waals surface area contributed by atoms with Crippen molar-refractivity contribution >= 4 is 68.7 Å². The lowest BCUT2D eigenvalue weighted by molar-refractivity contribution is -0.122. The predicted molar refractivity (Wildman–Crippen MR) is 135 cm³/mol. The van der Waals surface area contributed by atoms with Gasteiger partial charge in [0.1, 0.15) is 17.9 Å². The molecule has 1 N–H and O–H groups in total. The molecule has 0 aliphatic carbocycles. The van der Waals surface area contributed by atoms with Crippen molar-refractivity contribution < 1.29 is 19.1 Å². The zero-order valence-electron chi connectivity index (χ0n) is 17.8. The molecule has 3 aromatic rings. The highest BCUT2D eigenvalue weighted by atomic mass is 79.9. The van der Waals surface area contributed by atoms with Crippen molar-refractivity contribution in [3.63, 3.8) is 0 Å². The van der Waals surface area contributed by atoms with Crippen LogP contribution >= 0.6 is 39.1 Å². The maximum atomic E-state index is 13.2. The monoisotopic (exact) mass is 558 g/mol. The van der Waals surface area contributed by atoms with Crippen LogP contribution < -0.4 is 15.0 Å². The van der Waals surface area contributed by atoms with E-state index in [0.29, 0.717) is 16.3 Å². The Hall–Kier alpha value is -3.13. The number of hydrogen-bond acceptors (Lipinski definition) is 4. The van der Waals surface area contributed by atoms with Gasteiger partial charge in [0.05, 0.1) is 10.7 Å². The fraction of sp³-hybridized carbons (Fsp3) is 0.0800. The summed E-state index contributed by atoms with van der Waals surface area (Å²) in [5.74, 6) is -1.35. The second kappa shape index (κ2) is 10.0. The van der Waals surface area contributed by atoms with E-state index in [1.54, 1.807) is 24.3 Å². The van der Waals surface area contributed by atoms with Gasteiger partial charge in [-0.15, -0.1) is 0 Å². The SMILES string of the molecule is Cc1ccc(COc2c(Cl)cc(Cl)cc2/C=C2\C(=O)NC(=O)N(c3ccc(Br)cc3)C2=O)cc1. The summed E-state index contributed by atoms with van der Waals surface area (Å²) in [6.45, 7) is 2.20. The molecule has 3 aromatic carbocycles. The number of anilines is 1. The lowest BCUT2D eigenvalue weighted by Gasteiger charge is -2.26. The number of rotatable bonds is 5. The highest BCUT2D eigenvalue weighted by Crippen LogP contribution is 2.35. The molecule has 0 bridgehead atoms. The van der Waals surface area contributed by atoms with Crippen LogP contribution in [0.1, 0.15) is 16.7 Å². The van der Waals surface area contributed by atoms with Crippen molar-refractivity contribution in [2.75, 3.05) is 4.90 Å². The molecule has 0 unspecified atom stereocenters. The summed E-state index contributed by atoms with van der Waals surface area (Å²) >= 11 is 15.9. The van der Waals surface area contributed by atoms with Gasteiger partial charge in [-0.2, -0.15) is 0 Å². The first-order valence-electron chi connectivity index (χ1n) is 10.1. The van der Waals surface area contributed by atoms with Crippen LogP contribution in [-0.4, -0.2) is 17.8 Å². The van der Waals surface area contributed by atoms with Crippen molar-refractivity contribution in [2.24, 2.45) is 0 Å². The Morgan fingerprint density at radius 2 is 1.68 bits per heavy atom. The number of urea groups is 1. The Morgan fingerprint density at radius 1 is 1.00 bits per heavy atom. The van der Waals surface area contributed by atoms with Gasteiger partial charge in [-0.05, 0) is 55.0 Å². The van der Waals surface area contributed by atoms with Gasteiger partial charge >= 0.3 is 6.03 Å². The number of ether oxygens (including phenoxy) is 1. The Bertz CT molecular complexity index is 1320. The van der Waals surface area contributed by atoms with Gasteiger partial charge in [0, 0.05) is 15.1 Å². The van der Waals surface area contributed by atoms with Crippen LogP contribution in [0.3, 0.4) is 0 Å². The number of imide groups is 2. The second-order valence-corrected chi connectivity index (χ2v) is 9.27. The fourth-order valence-electron chi connectivity index (χ4n) is 3.32. The van der Waals surface area contributed by atoms with Gasteiger partial charge < -0.3 is 4.74 Å². The number of carbonyl (C=O) groups is 3. The quantitative estimate of drug-likeness (QED) is 0.293. The van der Waals surface area contributed by atoms with E-state index in [1.165, 1.54) is 18.2 Å². The molecule has 6 nitrogen and oxygen atoms in total. The van der Waals surface area contributed by atoms with E-state index in [0.717, 1.165) is 20.5 Å². The number of aryl methyl sites for hydroxylation is 1. The lowest BCUT2D eigenvalue weighted by Crippen LogP contribution is -2.54. The van der Waals surface area contributed by atoms with Crippen LogP contribution in [0.4, 0.5) is 10.5 Å². The van der Waals surface area contributed by atoms with Crippen molar-refractivity contribution in [1.29, 1.82) is 0 Å². The molecule has 0 spiro atoms. The molecular formula is C25H17BrCl2N2O4. The number of nitrogens with one attached hydrogen (secondary N) is 1. The summed E-state index contributed by atoms with van der Waals surface area (Å²) < 4.78 is 6.72. The average molecular weight is 560 g/mol. The highest BCUT2D eigenvalue weighted by molar-refractivity contribution is 9.10. The lowest BCUT2D eigenvalue weighted by atomic mass is 10.1. The standard InChI is InChI=1S/C25H17BrCl2N2O4/c1-14-2-4-15(5-3-14)13-34-22-16(10-18(27)12-21(22)28)11-20-23(31)29-25(33)30(24(20)32)19-8-6-17(26)7-9-19/h2-12H,13H2,1H3,(H,29,31,33)/b20-11+. The summed E-state index contributed by atoms with van der Waals surface area (Å²) in [6.07, 6.45) is 1.32. The van der Waals surface area contributed by atoms with Crippen LogP contribution in [0.15, 0.2) is 70.7 Å². The molecule has 34 heavy (non-hydrogen) atoms. The molecule has 4 amide bonds. The average Bonchev–Trinajstić information content (AvgIpc) is 2.78. The number of hydrogen-bond donors (Lipinski definition) is 1. The van der Waals surface area contributed by atoms with Crippen LogP contribution in [0.2, 0.25) is 10.0 Å². The molecule has 1 saturated heterocycles. The van der Waals surface area contributed by atoms with Gasteiger partial charge in [-0.25, -0.2) is 9.69 Å². The van der Waals surface area contributed by atoms with Crippen LogP contribution in [0.5, 0.6) is 5.75 Å². The molecular weight excluding hydrogens is 543 g/mol. The van der Waals surface area contributed by atoms with Gasteiger partial charge in [-0.3, -0.25) is 14.9 Å². The number of amides is 4. The first-order chi connectivity index (χ1) is 16.2. The number of carbonyl (C=O) groups excluding carboxylic acids is 3. The Kier molecular flexibility index (Phi) is 7.07. The third kappa shape index (κ3) is 5.17. The van der Waals surface area contributed by atoms with E-state index in [1.807, 2.05) is 31.2 Å². The Labute approximate surface area is 214 Å². The summed E-state index contributed by atoms with van der Waals surface area (Å²) in [5, 5.41) is 2.71. The predicted octanol–water partition coefficient (Wildman–Crippen LogP) is 6.31. The normalized spacial score (nSPS) is 15.0. The molecule has 1 heterocycles. The first-order valence-corrected chi connectivity index (χ1v) is 11.6. The Balaban J connectivity index is 1.70. The molecule has 1 aliphatic rings. The minimum Gasteiger partial charge on any atom is -0.487 e. The zero-order valence-corrected chi connectivity index (χ0v) is 20.9. The molecule has 0 radical (unpaired) electrons. The molecule has 1 fully saturated rings. The van der Waals surface area contributed by atoms with Crippen molar-refractivity contribution in [1.82, 2.24) is 5.32 Å². The third-order valence-corrected chi connectivity index (χ3v) is 6.05. The largest absolute Gasteiger partial charge is 0.487 e. The minimum atomic E-state index is -0.838. The molecule has 172 valence electrons. The molecule has 0 aromatic heterocycles. The van der Waals surface area contributed by atoms with Gasteiger partial charge in [-0.1, -0.05) is 69.0 Å². The first kappa shape index (κ1) is 24.0. The molecule has 0 atom stereocenters. The van der Waals surface area contributed by atoms with E-state index >= 15 is 0 Å². The minimum absolute atomic E-state index is 0.210. The van der Waals surface area contributed by atoms with Crippen LogP contribution in [-0.2, 0) is 16.2 Å². The van der Waals surface area contributed by atoms with Crippen molar-refractivity contribution in [3.05, 3.63) is 97.4 Å². The van der Waals surface area contributed by atoms with E-state index < -0.39 is 17.8 Å². The number of benzene rings is 3. The molecule has 1 aliphatic heterocycles. The third-order valence-electron chi connectivity index (χ3n) is 5.03. The van der Waals surface area contributed by atoms with E-state index in [2.05, 4.69) is 21.2 Å². The number of barbiturate groups is 1. The summed E-state index contributed by atoms with van der Waals surface area (Å²) in [5.41, 5.74) is 2.40. The highest BCUT2D eigenvalue weighted by Gasteiger charge is 2.37. The fourth-order valence-corrected chi connectivity index (χ4v) is 4.15. The van der Waals surface area contributed by atoms with E-state index in [-0.39, 0.29) is 23.0 Å². The molecule has 9 heteroatoms. The summed E-state index contributed by atoms with van der Waals surface area (Å²) in [6, 6.07) is 16.5. The van der Waals surface area contributed by atoms with Crippen LogP contribution in [0, 0.1) is 6.92 Å². The molecule has 0 saturated carbocycles. The maximum absolute atomic E-state index is 13.2. The van der Waals surface area contributed by atoms with Gasteiger partial charge in [0.25, 0.3) is 11.8 Å². The Morgan fingerprint density at radius 3 is 2.35 bits per heavy atom. The van der Waals surface area contributed by atoms with Gasteiger partial charge in [0.2, 0.25) is 0 Å².